The molecule has 124 valence electrons. The van der Waals surface area contributed by atoms with Crippen molar-refractivity contribution in [2.75, 3.05) is 18.6 Å². The van der Waals surface area contributed by atoms with Crippen molar-refractivity contribution in [3.05, 3.63) is 10.6 Å². The lowest BCUT2D eigenvalue weighted by molar-refractivity contribution is 0.196. The summed E-state index contributed by atoms with van der Waals surface area (Å²) in [6.45, 7) is 4.82. The molecule has 1 saturated carbocycles. The summed E-state index contributed by atoms with van der Waals surface area (Å²) in [4.78, 5) is 2.06. The van der Waals surface area contributed by atoms with Crippen molar-refractivity contribution in [2.45, 2.75) is 57.8 Å². The van der Waals surface area contributed by atoms with E-state index in [1.807, 2.05) is 11.7 Å². The Morgan fingerprint density at radius 1 is 1.36 bits per heavy atom. The minimum Gasteiger partial charge on any atom is -0.301 e. The molecule has 0 spiro atoms. The Morgan fingerprint density at radius 3 is 2.55 bits per heavy atom. The van der Waals surface area contributed by atoms with Crippen LogP contribution >= 0.6 is 12.2 Å². The Bertz CT molecular complexity index is 716. The lowest BCUT2D eigenvalue weighted by Gasteiger charge is -2.22. The average Bonchev–Trinajstić information content (AvgIpc) is 3.12. The van der Waals surface area contributed by atoms with E-state index in [1.165, 1.54) is 12.8 Å². The molecule has 8 heteroatoms. The maximum Gasteiger partial charge on any atom is 0.199 e. The maximum absolute atomic E-state index is 11.6. The van der Waals surface area contributed by atoms with E-state index in [2.05, 4.69) is 23.3 Å². The predicted molar refractivity (Wildman–Crippen MR) is 88.2 cm³/mol. The topological polar surface area (TPSA) is 60.1 Å². The number of rotatable bonds is 5. The van der Waals surface area contributed by atoms with Crippen LogP contribution in [0.2, 0.25) is 0 Å². The third kappa shape index (κ3) is 3.14. The van der Waals surface area contributed by atoms with E-state index in [0.717, 1.165) is 10.6 Å². The smallest absolute Gasteiger partial charge is 0.199 e. The first kappa shape index (κ1) is 16.1. The van der Waals surface area contributed by atoms with Crippen LogP contribution in [0.4, 0.5) is 0 Å². The number of aromatic nitrogens is 3. The summed E-state index contributed by atoms with van der Waals surface area (Å²) >= 11 is 5.60. The van der Waals surface area contributed by atoms with Crippen molar-refractivity contribution in [3.63, 3.8) is 0 Å². The fraction of sp³-hybridized carbons (Fsp3) is 0.857. The van der Waals surface area contributed by atoms with E-state index in [-0.39, 0.29) is 11.8 Å². The van der Waals surface area contributed by atoms with Crippen LogP contribution in [-0.4, -0.2) is 52.3 Å². The van der Waals surface area contributed by atoms with Crippen molar-refractivity contribution in [2.24, 2.45) is 0 Å². The average molecular weight is 345 g/mol. The van der Waals surface area contributed by atoms with Crippen LogP contribution < -0.4 is 0 Å². The van der Waals surface area contributed by atoms with Gasteiger partial charge in [-0.25, -0.2) is 13.1 Å². The van der Waals surface area contributed by atoms with Crippen LogP contribution in [0.3, 0.4) is 0 Å². The van der Waals surface area contributed by atoms with Crippen LogP contribution in [0.25, 0.3) is 0 Å². The largest absolute Gasteiger partial charge is 0.301 e. The van der Waals surface area contributed by atoms with Crippen LogP contribution in [0, 0.1) is 4.77 Å². The highest BCUT2D eigenvalue weighted by molar-refractivity contribution is 7.91. The summed E-state index contributed by atoms with van der Waals surface area (Å²) in [6, 6.07) is 0.580. The minimum absolute atomic E-state index is 0.0699. The van der Waals surface area contributed by atoms with Gasteiger partial charge in [0.05, 0.1) is 18.2 Å². The molecule has 1 aliphatic carbocycles. The van der Waals surface area contributed by atoms with Crippen molar-refractivity contribution < 1.29 is 8.42 Å². The zero-order chi connectivity index (χ0) is 16.1. The zero-order valence-electron chi connectivity index (χ0n) is 13.4. The van der Waals surface area contributed by atoms with Crippen LogP contribution in [-0.2, 0) is 16.5 Å². The molecule has 22 heavy (non-hydrogen) atoms. The quantitative estimate of drug-likeness (QED) is 0.764. The van der Waals surface area contributed by atoms with Gasteiger partial charge in [-0.3, -0.25) is 4.90 Å². The molecule has 2 heterocycles. The molecule has 0 unspecified atom stereocenters. The van der Waals surface area contributed by atoms with Crippen LogP contribution in [0.15, 0.2) is 0 Å². The Labute approximate surface area is 137 Å². The lowest BCUT2D eigenvalue weighted by atomic mass is 10.2. The second kappa shape index (κ2) is 5.72. The van der Waals surface area contributed by atoms with Gasteiger partial charge >= 0.3 is 0 Å². The SMILES string of the molecule is CC(C)c1nn(CN(C)[C@H]2CCS(=O)(=O)C2)c(=S)n1C1CC1. The van der Waals surface area contributed by atoms with Gasteiger partial charge in [-0.05, 0) is 38.5 Å². The highest BCUT2D eigenvalue weighted by atomic mass is 32.2. The van der Waals surface area contributed by atoms with E-state index >= 15 is 0 Å². The summed E-state index contributed by atoms with van der Waals surface area (Å²) in [5.74, 6) is 1.92. The fourth-order valence-corrected chi connectivity index (χ4v) is 5.19. The number of hydrogen-bond donors (Lipinski definition) is 0. The molecule has 6 nitrogen and oxygen atoms in total. The second-order valence-electron chi connectivity index (χ2n) is 6.85. The van der Waals surface area contributed by atoms with Gasteiger partial charge in [0, 0.05) is 18.0 Å². The molecule has 2 aliphatic rings. The Morgan fingerprint density at radius 2 is 2.05 bits per heavy atom. The monoisotopic (exact) mass is 344 g/mol. The third-order valence-electron chi connectivity index (χ3n) is 4.51. The van der Waals surface area contributed by atoms with Gasteiger partial charge < -0.3 is 4.57 Å². The Kier molecular flexibility index (Phi) is 4.20. The first-order valence-electron chi connectivity index (χ1n) is 7.88. The molecule has 0 bridgehead atoms. The number of sulfone groups is 1. The fourth-order valence-electron chi connectivity index (χ4n) is 3.05. The molecule has 0 amide bonds. The van der Waals surface area contributed by atoms with Crippen molar-refractivity contribution in [1.82, 2.24) is 19.2 Å². The Balaban J connectivity index is 1.81. The van der Waals surface area contributed by atoms with Crippen molar-refractivity contribution in [3.8, 4) is 0 Å². The standard InChI is InChI=1S/C14H24N4O2S2/c1-10(2)13-15-17(14(21)18(13)11-4-5-11)9-16(3)12-6-7-22(19,20)8-12/h10-12H,4-9H2,1-3H3/t12-/m0/s1. The minimum atomic E-state index is -2.87. The van der Waals surface area contributed by atoms with Crippen molar-refractivity contribution in [1.29, 1.82) is 0 Å². The lowest BCUT2D eigenvalue weighted by Crippen LogP contribution is -2.34. The molecule has 3 rings (SSSR count). The summed E-state index contributed by atoms with van der Waals surface area (Å²) < 4.78 is 28.1. The predicted octanol–water partition coefficient (Wildman–Crippen LogP) is 1.95. The van der Waals surface area contributed by atoms with Crippen molar-refractivity contribution >= 4 is 22.1 Å². The van der Waals surface area contributed by atoms with Gasteiger partial charge in [-0.15, -0.1) is 0 Å². The van der Waals surface area contributed by atoms with E-state index < -0.39 is 9.84 Å². The van der Waals surface area contributed by atoms with E-state index in [9.17, 15) is 8.42 Å². The number of nitrogens with zero attached hydrogens (tertiary/aromatic N) is 4. The number of hydrogen-bond acceptors (Lipinski definition) is 5. The molecule has 1 atom stereocenters. The summed E-state index contributed by atoms with van der Waals surface area (Å²) in [5, 5.41) is 4.70. The second-order valence-corrected chi connectivity index (χ2v) is 9.45. The molecule has 1 aliphatic heterocycles. The van der Waals surface area contributed by atoms with Gasteiger partial charge in [-0.1, -0.05) is 13.8 Å². The summed E-state index contributed by atoms with van der Waals surface area (Å²) in [6.07, 6.45) is 3.05. The van der Waals surface area contributed by atoms with Gasteiger partial charge in [0.25, 0.3) is 0 Å². The van der Waals surface area contributed by atoms with E-state index in [0.29, 0.717) is 30.8 Å². The normalized spacial score (nSPS) is 24.5. The van der Waals surface area contributed by atoms with Crippen LogP contribution in [0.5, 0.6) is 0 Å². The Hall–Kier alpha value is -0.730. The molecule has 1 aromatic rings. The zero-order valence-corrected chi connectivity index (χ0v) is 15.0. The molecule has 1 aromatic heterocycles. The first-order valence-corrected chi connectivity index (χ1v) is 10.1. The van der Waals surface area contributed by atoms with E-state index in [1.54, 1.807) is 0 Å². The molecule has 0 aromatic carbocycles. The van der Waals surface area contributed by atoms with Gasteiger partial charge in [0.1, 0.15) is 5.82 Å². The molecule has 0 N–H and O–H groups in total. The maximum atomic E-state index is 11.6. The van der Waals surface area contributed by atoms with Gasteiger partial charge in [0.15, 0.2) is 14.6 Å². The van der Waals surface area contributed by atoms with E-state index in [4.69, 9.17) is 17.3 Å². The molecular formula is C14H24N4O2S2. The van der Waals surface area contributed by atoms with Gasteiger partial charge in [-0.2, -0.15) is 5.10 Å². The molecule has 0 radical (unpaired) electrons. The molecule has 2 fully saturated rings. The van der Waals surface area contributed by atoms with Crippen LogP contribution in [0.1, 0.15) is 50.9 Å². The first-order chi connectivity index (χ1) is 10.3. The third-order valence-corrected chi connectivity index (χ3v) is 6.67. The molecule has 1 saturated heterocycles. The highest BCUT2D eigenvalue weighted by Gasteiger charge is 2.32. The summed E-state index contributed by atoms with van der Waals surface area (Å²) in [7, 11) is -0.908. The highest BCUT2D eigenvalue weighted by Crippen LogP contribution is 2.37. The van der Waals surface area contributed by atoms with Gasteiger partial charge in [0.2, 0.25) is 0 Å². The summed E-state index contributed by atoms with van der Waals surface area (Å²) in [5.41, 5.74) is 0. The molecular weight excluding hydrogens is 320 g/mol.